The molecule has 0 saturated heterocycles. The monoisotopic (exact) mass is 263 g/mol. The van der Waals surface area contributed by atoms with Gasteiger partial charge in [0, 0.05) is 11.3 Å². The Morgan fingerprint density at radius 2 is 2.33 bits per heavy atom. The zero-order chi connectivity index (χ0) is 12.4. The van der Waals surface area contributed by atoms with Gasteiger partial charge in [-0.15, -0.1) is 0 Å². The van der Waals surface area contributed by atoms with Crippen LogP contribution in [-0.4, -0.2) is 37.0 Å². The second-order valence-corrected chi connectivity index (χ2v) is 6.02. The summed E-state index contributed by atoms with van der Waals surface area (Å²) in [4.78, 5) is 15.7. The van der Waals surface area contributed by atoms with E-state index in [0.717, 1.165) is 17.0 Å². The molecule has 0 bridgehead atoms. The highest BCUT2D eigenvalue weighted by molar-refractivity contribution is 7.99. The lowest BCUT2D eigenvalue weighted by Gasteiger charge is -2.20. The van der Waals surface area contributed by atoms with Gasteiger partial charge < -0.3 is 10.3 Å². The normalized spacial score (nSPS) is 23.6. The molecule has 1 fully saturated rings. The molecule has 0 aromatic carbocycles. The van der Waals surface area contributed by atoms with Crippen LogP contribution in [-0.2, 0) is 0 Å². The van der Waals surface area contributed by atoms with Gasteiger partial charge in [0.15, 0.2) is 11.5 Å². The van der Waals surface area contributed by atoms with E-state index in [1.807, 2.05) is 11.8 Å². The molecular formula is C12H17N5S. The molecule has 0 aliphatic heterocycles. The molecule has 2 aromatic rings. The summed E-state index contributed by atoms with van der Waals surface area (Å²) in [6, 6.07) is 0.511. The van der Waals surface area contributed by atoms with Crippen molar-refractivity contribution in [3.8, 4) is 0 Å². The van der Waals surface area contributed by atoms with Crippen LogP contribution >= 0.6 is 11.8 Å². The fourth-order valence-corrected chi connectivity index (χ4v) is 3.75. The van der Waals surface area contributed by atoms with Gasteiger partial charge in [-0.05, 0) is 18.6 Å². The summed E-state index contributed by atoms with van der Waals surface area (Å²) in [6.07, 6.45) is 7.05. The van der Waals surface area contributed by atoms with Crippen LogP contribution in [0.3, 0.4) is 0 Å². The van der Waals surface area contributed by atoms with Crippen molar-refractivity contribution in [3.63, 3.8) is 0 Å². The third-order valence-corrected chi connectivity index (χ3v) is 4.70. The van der Waals surface area contributed by atoms with Gasteiger partial charge in [0.2, 0.25) is 0 Å². The Hall–Kier alpha value is -1.30. The molecular weight excluding hydrogens is 246 g/mol. The van der Waals surface area contributed by atoms with Gasteiger partial charge in [-0.3, -0.25) is 0 Å². The molecule has 96 valence electrons. The maximum absolute atomic E-state index is 4.33. The fourth-order valence-electron chi connectivity index (χ4n) is 2.55. The zero-order valence-electron chi connectivity index (χ0n) is 10.4. The first-order valence-electron chi connectivity index (χ1n) is 6.40. The van der Waals surface area contributed by atoms with E-state index < -0.39 is 0 Å². The molecule has 2 unspecified atom stereocenters. The molecule has 3 rings (SSSR count). The predicted molar refractivity (Wildman–Crippen MR) is 74.9 cm³/mol. The highest BCUT2D eigenvalue weighted by Crippen LogP contribution is 2.32. The molecule has 6 heteroatoms. The second-order valence-electron chi connectivity index (χ2n) is 4.50. The third kappa shape index (κ3) is 2.16. The van der Waals surface area contributed by atoms with E-state index in [1.165, 1.54) is 25.0 Å². The summed E-state index contributed by atoms with van der Waals surface area (Å²) in [7, 11) is 0. The van der Waals surface area contributed by atoms with Crippen molar-refractivity contribution < 1.29 is 0 Å². The summed E-state index contributed by atoms with van der Waals surface area (Å²) in [6.45, 7) is 2.22. The Kier molecular flexibility index (Phi) is 3.36. The lowest BCUT2D eigenvalue weighted by Crippen LogP contribution is -2.26. The van der Waals surface area contributed by atoms with Gasteiger partial charge >= 0.3 is 0 Å². The fraction of sp³-hybridized carbons (Fsp3) is 0.583. The maximum Gasteiger partial charge on any atom is 0.182 e. The largest absolute Gasteiger partial charge is 0.364 e. The van der Waals surface area contributed by atoms with Crippen LogP contribution in [0.2, 0.25) is 0 Å². The van der Waals surface area contributed by atoms with Crippen molar-refractivity contribution in [3.05, 3.63) is 12.7 Å². The number of aromatic amines is 1. The topological polar surface area (TPSA) is 66.5 Å². The minimum atomic E-state index is 0.511. The first-order chi connectivity index (χ1) is 8.88. The minimum absolute atomic E-state index is 0.511. The molecule has 1 aliphatic carbocycles. The summed E-state index contributed by atoms with van der Waals surface area (Å²) in [5, 5.41) is 4.26. The van der Waals surface area contributed by atoms with Crippen LogP contribution in [0.25, 0.3) is 11.2 Å². The van der Waals surface area contributed by atoms with Crippen molar-refractivity contribution in [1.29, 1.82) is 0 Å². The molecule has 18 heavy (non-hydrogen) atoms. The van der Waals surface area contributed by atoms with Crippen molar-refractivity contribution in [1.82, 2.24) is 19.9 Å². The summed E-state index contributed by atoms with van der Waals surface area (Å²) < 4.78 is 0. The van der Waals surface area contributed by atoms with Gasteiger partial charge in [0.05, 0.1) is 6.33 Å². The average Bonchev–Trinajstić information content (AvgIpc) is 3.00. The van der Waals surface area contributed by atoms with Crippen LogP contribution in [0.15, 0.2) is 12.7 Å². The van der Waals surface area contributed by atoms with Crippen molar-refractivity contribution in [2.75, 3.05) is 11.1 Å². The molecule has 1 saturated carbocycles. The number of anilines is 1. The predicted octanol–water partition coefficient (Wildman–Crippen LogP) is 2.44. The highest BCUT2D eigenvalue weighted by Gasteiger charge is 2.27. The molecule has 2 atom stereocenters. The van der Waals surface area contributed by atoms with E-state index in [2.05, 4.69) is 32.2 Å². The van der Waals surface area contributed by atoms with Crippen molar-refractivity contribution in [2.24, 2.45) is 0 Å². The summed E-state index contributed by atoms with van der Waals surface area (Å²) in [5.74, 6) is 2.05. The number of thioether (sulfide) groups is 1. The molecule has 0 radical (unpaired) electrons. The molecule has 1 aliphatic rings. The van der Waals surface area contributed by atoms with Crippen LogP contribution < -0.4 is 5.32 Å². The highest BCUT2D eigenvalue weighted by atomic mass is 32.2. The number of fused-ring (bicyclic) bond motifs is 1. The van der Waals surface area contributed by atoms with Crippen molar-refractivity contribution in [2.45, 2.75) is 37.5 Å². The number of rotatable bonds is 4. The van der Waals surface area contributed by atoms with E-state index in [4.69, 9.17) is 0 Å². The van der Waals surface area contributed by atoms with Gasteiger partial charge in [0.25, 0.3) is 0 Å². The van der Waals surface area contributed by atoms with E-state index in [9.17, 15) is 0 Å². The van der Waals surface area contributed by atoms with Gasteiger partial charge in [-0.2, -0.15) is 11.8 Å². The molecule has 2 heterocycles. The van der Waals surface area contributed by atoms with Gasteiger partial charge in [-0.1, -0.05) is 13.3 Å². The Bertz CT molecular complexity index is 526. The Morgan fingerprint density at radius 1 is 1.39 bits per heavy atom. The van der Waals surface area contributed by atoms with E-state index in [1.54, 1.807) is 12.7 Å². The second kappa shape index (κ2) is 5.14. The number of hydrogen-bond donors (Lipinski definition) is 2. The quantitative estimate of drug-likeness (QED) is 0.887. The van der Waals surface area contributed by atoms with Crippen molar-refractivity contribution >= 4 is 28.7 Å². The standard InChI is InChI=1S/C12H17N5S/c1-2-18-9-5-3-4-8(9)17-12-10-11(14-6-13-10)15-7-16-12/h6-9H,2-5H2,1H3,(H2,13,14,15,16,17). The number of nitrogens with zero attached hydrogens (tertiary/aromatic N) is 3. The third-order valence-electron chi connectivity index (χ3n) is 3.38. The van der Waals surface area contributed by atoms with Gasteiger partial charge in [0.1, 0.15) is 11.8 Å². The number of H-pyrrole nitrogens is 1. The number of imidazole rings is 1. The zero-order valence-corrected chi connectivity index (χ0v) is 11.2. The molecule has 2 N–H and O–H groups in total. The van der Waals surface area contributed by atoms with E-state index >= 15 is 0 Å². The molecule has 2 aromatic heterocycles. The van der Waals surface area contributed by atoms with Crippen LogP contribution in [0.4, 0.5) is 5.82 Å². The van der Waals surface area contributed by atoms with E-state index in [0.29, 0.717) is 11.3 Å². The average molecular weight is 263 g/mol. The van der Waals surface area contributed by atoms with Crippen LogP contribution in [0.1, 0.15) is 26.2 Å². The Balaban J connectivity index is 1.81. The summed E-state index contributed by atoms with van der Waals surface area (Å²) >= 11 is 2.04. The number of aromatic nitrogens is 4. The van der Waals surface area contributed by atoms with E-state index in [-0.39, 0.29) is 0 Å². The number of nitrogens with one attached hydrogen (secondary N) is 2. The molecule has 5 nitrogen and oxygen atoms in total. The Morgan fingerprint density at radius 3 is 3.22 bits per heavy atom. The SMILES string of the molecule is CCSC1CCCC1Nc1ncnc2nc[nH]c12. The first kappa shape index (κ1) is 11.8. The minimum Gasteiger partial charge on any atom is -0.364 e. The first-order valence-corrected chi connectivity index (χ1v) is 7.45. The van der Waals surface area contributed by atoms with Gasteiger partial charge in [-0.25, -0.2) is 15.0 Å². The molecule has 0 spiro atoms. The lowest BCUT2D eigenvalue weighted by atomic mass is 10.2. The Labute approximate surface area is 110 Å². The van der Waals surface area contributed by atoms with Crippen LogP contribution in [0.5, 0.6) is 0 Å². The molecule has 0 amide bonds. The maximum atomic E-state index is 4.33. The van der Waals surface area contributed by atoms with Crippen LogP contribution in [0, 0.1) is 0 Å². The number of hydrogen-bond acceptors (Lipinski definition) is 5. The smallest absolute Gasteiger partial charge is 0.182 e. The summed E-state index contributed by atoms with van der Waals surface area (Å²) in [5.41, 5.74) is 1.63. The lowest BCUT2D eigenvalue weighted by molar-refractivity contribution is 0.763.